The van der Waals surface area contributed by atoms with Crippen LogP contribution in [0.1, 0.15) is 65.4 Å². The van der Waals surface area contributed by atoms with Gasteiger partial charge in [-0.1, -0.05) is 32.0 Å². The number of benzene rings is 2. The van der Waals surface area contributed by atoms with Crippen LogP contribution in [0.4, 0.5) is 0 Å². The van der Waals surface area contributed by atoms with Gasteiger partial charge in [0.15, 0.2) is 13.8 Å². The molecule has 1 amide bonds. The standard InChI is InChI=1S/C24H30NO6P/c1-13(2)8-20(23(28)29)25-22(27)19-12-16(6-7-21(19)26)11-18-14(3)9-17(10-15(18)4)24(5,30)32-31/h6-7,9-10,12-13,20,26,30H,8,11H2,1-5H3,(H,25,27)(H,28,29)/t20?,24-/m1/s1. The molecule has 0 heterocycles. The van der Waals surface area contributed by atoms with Gasteiger partial charge in [0.2, 0.25) is 0 Å². The lowest BCUT2D eigenvalue weighted by atomic mass is 9.92. The van der Waals surface area contributed by atoms with Gasteiger partial charge in [-0.05, 0) is 79.5 Å². The van der Waals surface area contributed by atoms with E-state index in [1.807, 2.05) is 27.7 Å². The number of hydrogen-bond donors (Lipinski definition) is 4. The van der Waals surface area contributed by atoms with E-state index in [4.69, 9.17) is 0 Å². The van der Waals surface area contributed by atoms with Gasteiger partial charge in [-0.3, -0.25) is 9.36 Å². The molecule has 32 heavy (non-hydrogen) atoms. The number of aryl methyl sites for hydroxylation is 2. The number of hydrogen-bond acceptors (Lipinski definition) is 5. The Balaban J connectivity index is 2.33. The summed E-state index contributed by atoms with van der Waals surface area (Å²) < 4.78 is 11.3. The van der Waals surface area contributed by atoms with Gasteiger partial charge < -0.3 is 20.6 Å². The molecule has 2 atom stereocenters. The average molecular weight is 459 g/mol. The Hall–Kier alpha value is -2.76. The third-order valence-corrected chi connectivity index (χ3v) is 6.03. The number of rotatable bonds is 9. The number of carbonyl (C=O) groups is 2. The average Bonchev–Trinajstić information content (AvgIpc) is 2.70. The third kappa shape index (κ3) is 6.15. The number of nitrogens with one attached hydrogen (secondary N) is 1. The van der Waals surface area contributed by atoms with Crippen molar-refractivity contribution in [2.24, 2.45) is 5.92 Å². The molecule has 0 fully saturated rings. The molecule has 172 valence electrons. The molecule has 0 aromatic heterocycles. The number of aliphatic carboxylic acids is 1. The van der Waals surface area contributed by atoms with Crippen molar-refractivity contribution in [2.45, 2.75) is 58.8 Å². The molecule has 2 rings (SSSR count). The van der Waals surface area contributed by atoms with Crippen molar-refractivity contribution in [1.29, 1.82) is 0 Å². The molecule has 1 unspecified atom stereocenters. The van der Waals surface area contributed by atoms with Crippen LogP contribution < -0.4 is 5.32 Å². The predicted molar refractivity (Wildman–Crippen MR) is 122 cm³/mol. The second kappa shape index (κ2) is 10.2. The van der Waals surface area contributed by atoms with E-state index < -0.39 is 31.7 Å². The highest BCUT2D eigenvalue weighted by Gasteiger charge is 2.26. The van der Waals surface area contributed by atoms with Gasteiger partial charge in [-0.2, -0.15) is 0 Å². The molecule has 0 bridgehead atoms. The lowest BCUT2D eigenvalue weighted by Gasteiger charge is -2.20. The summed E-state index contributed by atoms with van der Waals surface area (Å²) in [5.41, 5.74) is 4.08. The second-order valence-corrected chi connectivity index (χ2v) is 9.78. The van der Waals surface area contributed by atoms with E-state index in [9.17, 15) is 29.5 Å². The molecule has 2 aromatic rings. The molecular weight excluding hydrogens is 429 g/mol. The quantitative estimate of drug-likeness (QED) is 0.415. The first-order chi connectivity index (χ1) is 14.9. The fourth-order valence-electron chi connectivity index (χ4n) is 3.61. The van der Waals surface area contributed by atoms with Crippen molar-refractivity contribution < 1.29 is 29.5 Å². The fourth-order valence-corrected chi connectivity index (χ4v) is 3.84. The normalized spacial score (nSPS) is 14.2. The van der Waals surface area contributed by atoms with Crippen molar-refractivity contribution in [2.75, 3.05) is 0 Å². The molecule has 0 radical (unpaired) electrons. The van der Waals surface area contributed by atoms with E-state index in [0.717, 1.165) is 22.3 Å². The van der Waals surface area contributed by atoms with Crippen molar-refractivity contribution in [3.05, 3.63) is 63.7 Å². The third-order valence-electron chi connectivity index (χ3n) is 5.42. The molecule has 7 nitrogen and oxygen atoms in total. The van der Waals surface area contributed by atoms with Gasteiger partial charge in [-0.25, -0.2) is 4.79 Å². The van der Waals surface area contributed by atoms with Crippen LogP contribution in [-0.4, -0.2) is 33.2 Å². The lowest BCUT2D eigenvalue weighted by molar-refractivity contribution is -0.139. The SMILES string of the molecule is Cc1cc([C@](C)(O)P=O)cc(C)c1Cc1ccc(O)c(C(=O)NC(CC(C)C)C(=O)O)c1. The number of carboxylic acids is 1. The maximum absolute atomic E-state index is 12.7. The largest absolute Gasteiger partial charge is 0.507 e. The molecule has 0 spiro atoms. The first kappa shape index (κ1) is 25.5. The number of phenolic OH excluding ortho intramolecular Hbond substituents is 1. The van der Waals surface area contributed by atoms with Gasteiger partial charge in [0.25, 0.3) is 5.91 Å². The van der Waals surface area contributed by atoms with E-state index in [1.54, 1.807) is 24.3 Å². The molecule has 0 saturated heterocycles. The minimum atomic E-state index is -1.48. The van der Waals surface area contributed by atoms with Gasteiger partial charge in [0.1, 0.15) is 11.8 Å². The van der Waals surface area contributed by atoms with Crippen LogP contribution in [0.15, 0.2) is 30.3 Å². The van der Waals surface area contributed by atoms with E-state index in [-0.39, 0.29) is 23.7 Å². The van der Waals surface area contributed by atoms with Crippen LogP contribution in [0.25, 0.3) is 0 Å². The summed E-state index contributed by atoms with van der Waals surface area (Å²) in [6.45, 7) is 8.99. The van der Waals surface area contributed by atoms with Gasteiger partial charge in [0, 0.05) is 0 Å². The zero-order chi connectivity index (χ0) is 24.2. The van der Waals surface area contributed by atoms with Gasteiger partial charge in [0.05, 0.1) is 5.56 Å². The highest BCUT2D eigenvalue weighted by atomic mass is 31.1. The Morgan fingerprint density at radius 3 is 2.22 bits per heavy atom. The molecule has 8 heteroatoms. The topological polar surface area (TPSA) is 124 Å². The van der Waals surface area contributed by atoms with Crippen LogP contribution in [0.3, 0.4) is 0 Å². The zero-order valence-electron chi connectivity index (χ0n) is 19.0. The maximum Gasteiger partial charge on any atom is 0.326 e. The minimum Gasteiger partial charge on any atom is -0.507 e. The number of carboxylic acid groups (broad SMARTS) is 1. The fraction of sp³-hybridized carbons (Fsp3) is 0.417. The van der Waals surface area contributed by atoms with Crippen molar-refractivity contribution in [3.8, 4) is 5.75 Å². The van der Waals surface area contributed by atoms with E-state index in [2.05, 4.69) is 5.32 Å². The molecule has 0 aliphatic carbocycles. The Kier molecular flexibility index (Phi) is 8.16. The van der Waals surface area contributed by atoms with E-state index >= 15 is 0 Å². The van der Waals surface area contributed by atoms with Crippen molar-refractivity contribution in [3.63, 3.8) is 0 Å². The van der Waals surface area contributed by atoms with Gasteiger partial charge >= 0.3 is 5.97 Å². The monoisotopic (exact) mass is 459 g/mol. The van der Waals surface area contributed by atoms with Crippen LogP contribution in [0, 0.1) is 19.8 Å². The number of aliphatic hydroxyl groups is 1. The molecule has 0 aliphatic heterocycles. The van der Waals surface area contributed by atoms with Crippen molar-refractivity contribution >= 4 is 20.3 Å². The number of amides is 1. The highest BCUT2D eigenvalue weighted by Crippen LogP contribution is 2.34. The lowest BCUT2D eigenvalue weighted by Crippen LogP contribution is -2.41. The van der Waals surface area contributed by atoms with Crippen molar-refractivity contribution in [1.82, 2.24) is 5.32 Å². The molecular formula is C24H30NO6P. The Bertz CT molecular complexity index is 1010. The van der Waals surface area contributed by atoms with Crippen LogP contribution >= 0.6 is 8.46 Å². The molecule has 0 aliphatic rings. The Morgan fingerprint density at radius 2 is 1.72 bits per heavy atom. The Morgan fingerprint density at radius 1 is 1.12 bits per heavy atom. The second-order valence-electron chi connectivity index (χ2n) is 8.72. The summed E-state index contributed by atoms with van der Waals surface area (Å²) in [6.07, 6.45) is 0.739. The van der Waals surface area contributed by atoms with E-state index in [0.29, 0.717) is 12.0 Å². The zero-order valence-corrected chi connectivity index (χ0v) is 19.9. The summed E-state index contributed by atoms with van der Waals surface area (Å²) >= 11 is 0. The number of carbonyl (C=O) groups excluding carboxylic acids is 1. The molecule has 4 N–H and O–H groups in total. The highest BCUT2D eigenvalue weighted by molar-refractivity contribution is 7.25. The Labute approximate surface area is 189 Å². The summed E-state index contributed by atoms with van der Waals surface area (Å²) in [5.74, 6) is -1.92. The van der Waals surface area contributed by atoms with E-state index in [1.165, 1.54) is 13.0 Å². The summed E-state index contributed by atoms with van der Waals surface area (Å²) in [4.78, 5) is 24.2. The first-order valence-corrected chi connectivity index (χ1v) is 11.2. The molecule has 2 aromatic carbocycles. The summed E-state index contributed by atoms with van der Waals surface area (Å²) in [5, 5.41) is 30.9. The van der Waals surface area contributed by atoms with Crippen LogP contribution in [-0.2, 0) is 21.1 Å². The summed E-state index contributed by atoms with van der Waals surface area (Å²) in [7, 11) is -0.390. The number of phenols is 1. The predicted octanol–water partition coefficient (Wildman–Crippen LogP) is 4.29. The van der Waals surface area contributed by atoms with Crippen LogP contribution in [0.2, 0.25) is 0 Å². The molecule has 0 saturated carbocycles. The van der Waals surface area contributed by atoms with Crippen LogP contribution in [0.5, 0.6) is 5.75 Å². The smallest absolute Gasteiger partial charge is 0.326 e. The van der Waals surface area contributed by atoms with Gasteiger partial charge in [-0.15, -0.1) is 0 Å². The first-order valence-electron chi connectivity index (χ1n) is 10.4. The maximum atomic E-state index is 12.7. The minimum absolute atomic E-state index is 0.0116. The summed E-state index contributed by atoms with van der Waals surface area (Å²) in [6, 6.07) is 7.19. The number of aromatic hydroxyl groups is 1.